The molecular formula is C10H14ClN3O. The Morgan fingerprint density at radius 2 is 2.33 bits per heavy atom. The molecule has 2 heterocycles. The SMILES string of the molecule is Cc1cc(N2CCC[C@@H](O)C2)nc(Cl)n1. The van der Waals surface area contributed by atoms with Gasteiger partial charge in [-0.15, -0.1) is 0 Å². The van der Waals surface area contributed by atoms with Crippen LogP contribution < -0.4 is 4.90 Å². The molecule has 0 aromatic carbocycles. The number of rotatable bonds is 1. The first kappa shape index (κ1) is 10.6. The number of nitrogens with zero attached hydrogens (tertiary/aromatic N) is 3. The summed E-state index contributed by atoms with van der Waals surface area (Å²) >= 11 is 5.79. The van der Waals surface area contributed by atoms with Crippen molar-refractivity contribution in [1.82, 2.24) is 9.97 Å². The molecule has 82 valence electrons. The Morgan fingerprint density at radius 3 is 3.00 bits per heavy atom. The molecule has 0 bridgehead atoms. The second kappa shape index (κ2) is 4.33. The van der Waals surface area contributed by atoms with Crippen LogP contribution in [0, 0.1) is 6.92 Å². The Morgan fingerprint density at radius 1 is 1.53 bits per heavy atom. The summed E-state index contributed by atoms with van der Waals surface area (Å²) in [4.78, 5) is 10.2. The summed E-state index contributed by atoms with van der Waals surface area (Å²) < 4.78 is 0. The lowest BCUT2D eigenvalue weighted by Crippen LogP contribution is -2.38. The highest BCUT2D eigenvalue weighted by molar-refractivity contribution is 6.28. The highest BCUT2D eigenvalue weighted by atomic mass is 35.5. The number of β-amino-alcohol motifs (C(OH)–C–C–N with tert-alkyl or cyclic N) is 1. The van der Waals surface area contributed by atoms with Gasteiger partial charge in [-0.1, -0.05) is 0 Å². The standard InChI is InChI=1S/C10H14ClN3O/c1-7-5-9(13-10(11)12-7)14-4-2-3-8(15)6-14/h5,8,15H,2-4,6H2,1H3/t8-/m1/s1. The fourth-order valence-corrected chi connectivity index (χ4v) is 2.06. The number of anilines is 1. The summed E-state index contributed by atoms with van der Waals surface area (Å²) in [7, 11) is 0. The minimum Gasteiger partial charge on any atom is -0.391 e. The largest absolute Gasteiger partial charge is 0.391 e. The third-order valence-electron chi connectivity index (χ3n) is 2.53. The zero-order valence-electron chi connectivity index (χ0n) is 8.65. The quantitative estimate of drug-likeness (QED) is 0.737. The van der Waals surface area contributed by atoms with Crippen LogP contribution in [-0.2, 0) is 0 Å². The molecule has 0 unspecified atom stereocenters. The van der Waals surface area contributed by atoms with Crippen molar-refractivity contribution in [3.05, 3.63) is 17.0 Å². The van der Waals surface area contributed by atoms with Crippen LogP contribution in [0.4, 0.5) is 5.82 Å². The van der Waals surface area contributed by atoms with Crippen molar-refractivity contribution in [1.29, 1.82) is 0 Å². The zero-order valence-corrected chi connectivity index (χ0v) is 9.41. The van der Waals surface area contributed by atoms with Gasteiger partial charge >= 0.3 is 0 Å². The van der Waals surface area contributed by atoms with Gasteiger partial charge in [0.2, 0.25) is 5.28 Å². The van der Waals surface area contributed by atoms with Crippen LogP contribution in [0.3, 0.4) is 0 Å². The zero-order chi connectivity index (χ0) is 10.8. The van der Waals surface area contributed by atoms with Gasteiger partial charge in [-0.25, -0.2) is 9.97 Å². The van der Waals surface area contributed by atoms with Crippen molar-refractivity contribution in [2.45, 2.75) is 25.9 Å². The van der Waals surface area contributed by atoms with Crippen molar-refractivity contribution in [3.63, 3.8) is 0 Å². The highest BCUT2D eigenvalue weighted by Crippen LogP contribution is 2.19. The van der Waals surface area contributed by atoms with Crippen molar-refractivity contribution in [3.8, 4) is 0 Å². The third-order valence-corrected chi connectivity index (χ3v) is 2.70. The molecule has 0 radical (unpaired) electrons. The van der Waals surface area contributed by atoms with E-state index in [4.69, 9.17) is 11.6 Å². The number of piperidine rings is 1. The predicted octanol–water partition coefficient (Wildman–Crippen LogP) is 1.40. The van der Waals surface area contributed by atoms with E-state index in [1.807, 2.05) is 13.0 Å². The van der Waals surface area contributed by atoms with Crippen LogP contribution in [0.25, 0.3) is 0 Å². The van der Waals surface area contributed by atoms with E-state index in [1.165, 1.54) is 0 Å². The van der Waals surface area contributed by atoms with Gasteiger partial charge in [0.05, 0.1) is 6.10 Å². The molecular weight excluding hydrogens is 214 g/mol. The Balaban J connectivity index is 2.20. The molecule has 1 fully saturated rings. The van der Waals surface area contributed by atoms with Gasteiger partial charge < -0.3 is 10.0 Å². The monoisotopic (exact) mass is 227 g/mol. The number of halogens is 1. The molecule has 1 N–H and O–H groups in total. The number of hydrogen-bond donors (Lipinski definition) is 1. The average Bonchev–Trinajstić information content (AvgIpc) is 2.16. The molecule has 1 saturated heterocycles. The molecule has 1 aliphatic rings. The molecule has 1 aromatic heterocycles. The summed E-state index contributed by atoms with van der Waals surface area (Å²) in [6.45, 7) is 3.44. The Labute approximate surface area is 93.9 Å². The maximum atomic E-state index is 9.56. The first-order chi connectivity index (χ1) is 7.15. The molecule has 0 spiro atoms. The van der Waals surface area contributed by atoms with Crippen LogP contribution in [0.1, 0.15) is 18.5 Å². The van der Waals surface area contributed by atoms with E-state index in [0.717, 1.165) is 30.9 Å². The first-order valence-electron chi connectivity index (χ1n) is 5.09. The predicted molar refractivity (Wildman–Crippen MR) is 59.2 cm³/mol. The van der Waals surface area contributed by atoms with Crippen LogP contribution >= 0.6 is 11.6 Å². The number of aliphatic hydroxyl groups is 1. The average molecular weight is 228 g/mol. The Hall–Kier alpha value is -0.870. The maximum absolute atomic E-state index is 9.56. The highest BCUT2D eigenvalue weighted by Gasteiger charge is 2.19. The molecule has 1 aromatic rings. The van der Waals surface area contributed by atoms with Crippen molar-refractivity contribution in [2.75, 3.05) is 18.0 Å². The smallest absolute Gasteiger partial charge is 0.224 e. The molecule has 2 rings (SSSR count). The second-order valence-corrected chi connectivity index (χ2v) is 4.22. The van der Waals surface area contributed by atoms with Crippen molar-refractivity contribution in [2.24, 2.45) is 0 Å². The summed E-state index contributed by atoms with van der Waals surface area (Å²) in [6, 6.07) is 1.89. The van der Waals surface area contributed by atoms with Crippen molar-refractivity contribution >= 4 is 17.4 Å². The second-order valence-electron chi connectivity index (χ2n) is 3.88. The van der Waals surface area contributed by atoms with E-state index in [0.29, 0.717) is 6.54 Å². The summed E-state index contributed by atoms with van der Waals surface area (Å²) in [6.07, 6.45) is 1.60. The minimum absolute atomic E-state index is 0.257. The van der Waals surface area contributed by atoms with Gasteiger partial charge in [0.15, 0.2) is 0 Å². The van der Waals surface area contributed by atoms with Gasteiger partial charge in [0.1, 0.15) is 5.82 Å². The van der Waals surface area contributed by atoms with Crippen LogP contribution in [-0.4, -0.2) is 34.3 Å². The molecule has 0 amide bonds. The van der Waals surface area contributed by atoms with Crippen LogP contribution in [0.15, 0.2) is 6.07 Å². The number of aromatic nitrogens is 2. The van der Waals surface area contributed by atoms with Crippen molar-refractivity contribution < 1.29 is 5.11 Å². The molecule has 1 aliphatic heterocycles. The summed E-state index contributed by atoms with van der Waals surface area (Å²) in [5.74, 6) is 0.811. The molecule has 0 saturated carbocycles. The van der Waals surface area contributed by atoms with Gasteiger partial charge in [-0.3, -0.25) is 0 Å². The molecule has 0 aliphatic carbocycles. The summed E-state index contributed by atoms with van der Waals surface area (Å²) in [5.41, 5.74) is 0.852. The minimum atomic E-state index is -0.257. The lowest BCUT2D eigenvalue weighted by Gasteiger charge is -2.31. The fourth-order valence-electron chi connectivity index (χ4n) is 1.84. The Bertz CT molecular complexity index is 338. The molecule has 5 heteroatoms. The van der Waals surface area contributed by atoms with Crippen LogP contribution in [0.2, 0.25) is 5.28 Å². The van der Waals surface area contributed by atoms with Gasteiger partial charge in [0.25, 0.3) is 0 Å². The first-order valence-corrected chi connectivity index (χ1v) is 5.47. The normalized spacial score (nSPS) is 21.8. The van der Waals surface area contributed by atoms with E-state index >= 15 is 0 Å². The van der Waals surface area contributed by atoms with E-state index < -0.39 is 0 Å². The number of hydrogen-bond acceptors (Lipinski definition) is 4. The number of aryl methyl sites for hydroxylation is 1. The number of aliphatic hydroxyl groups excluding tert-OH is 1. The summed E-state index contributed by atoms with van der Waals surface area (Å²) in [5, 5.41) is 9.83. The fraction of sp³-hybridized carbons (Fsp3) is 0.600. The van der Waals surface area contributed by atoms with E-state index in [2.05, 4.69) is 14.9 Å². The van der Waals surface area contributed by atoms with Gasteiger partial charge in [0, 0.05) is 24.8 Å². The van der Waals surface area contributed by atoms with Gasteiger partial charge in [-0.05, 0) is 31.4 Å². The topological polar surface area (TPSA) is 49.2 Å². The lowest BCUT2D eigenvalue weighted by molar-refractivity contribution is 0.154. The molecule has 15 heavy (non-hydrogen) atoms. The third kappa shape index (κ3) is 2.58. The van der Waals surface area contributed by atoms with E-state index in [-0.39, 0.29) is 11.4 Å². The lowest BCUT2D eigenvalue weighted by atomic mass is 10.1. The Kier molecular flexibility index (Phi) is 3.07. The molecule has 1 atom stereocenters. The maximum Gasteiger partial charge on any atom is 0.224 e. The van der Waals surface area contributed by atoms with E-state index in [9.17, 15) is 5.11 Å². The van der Waals surface area contributed by atoms with Crippen LogP contribution in [0.5, 0.6) is 0 Å². The van der Waals surface area contributed by atoms with E-state index in [1.54, 1.807) is 0 Å². The molecule has 4 nitrogen and oxygen atoms in total. The van der Waals surface area contributed by atoms with Gasteiger partial charge in [-0.2, -0.15) is 0 Å².